The maximum absolute atomic E-state index is 13.8. The van der Waals surface area contributed by atoms with Gasteiger partial charge >= 0.3 is 0 Å². The fraction of sp³-hybridized carbons (Fsp3) is 0.207. The molecule has 3 aromatic rings. The van der Waals surface area contributed by atoms with E-state index in [2.05, 4.69) is 18.8 Å². The number of ether oxygens (including phenoxy) is 1. The minimum absolute atomic E-state index is 0.0509. The van der Waals surface area contributed by atoms with E-state index in [4.69, 9.17) is 4.74 Å². The molecule has 0 spiro atoms. The Bertz CT molecular complexity index is 1360. The Labute approximate surface area is 213 Å². The first-order valence-electron chi connectivity index (χ1n) is 12.0. The fourth-order valence-corrected chi connectivity index (χ4v) is 6.02. The molecule has 0 unspecified atom stereocenters. The van der Waals surface area contributed by atoms with Crippen LogP contribution in [0.3, 0.4) is 0 Å². The normalized spacial score (nSPS) is 14.2. The quantitative estimate of drug-likeness (QED) is 0.315. The van der Waals surface area contributed by atoms with Crippen LogP contribution in [0.1, 0.15) is 30.0 Å². The van der Waals surface area contributed by atoms with Crippen LogP contribution in [0.4, 0.5) is 5.69 Å². The van der Waals surface area contributed by atoms with Gasteiger partial charge in [-0.15, -0.1) is 6.58 Å². The van der Waals surface area contributed by atoms with Gasteiger partial charge in [0, 0.05) is 11.1 Å². The zero-order chi connectivity index (χ0) is 25.5. The van der Waals surface area contributed by atoms with Crippen LogP contribution in [0.5, 0.6) is 5.75 Å². The number of sulfonamides is 1. The number of fused-ring (bicyclic) bond motifs is 1. The van der Waals surface area contributed by atoms with Gasteiger partial charge in [0.15, 0.2) is 4.91 Å². The van der Waals surface area contributed by atoms with E-state index in [1.807, 2.05) is 66.7 Å². The highest BCUT2D eigenvalue weighted by atomic mass is 32.2. The van der Waals surface area contributed by atoms with Crippen molar-refractivity contribution in [3.8, 4) is 5.75 Å². The summed E-state index contributed by atoms with van der Waals surface area (Å²) in [6.45, 7) is 6.25. The van der Waals surface area contributed by atoms with Gasteiger partial charge in [-0.05, 0) is 35.7 Å². The summed E-state index contributed by atoms with van der Waals surface area (Å²) in [5.74, 6) is 0.0315. The Kier molecular flexibility index (Phi) is 7.90. The van der Waals surface area contributed by atoms with Crippen molar-refractivity contribution < 1.29 is 17.9 Å². The second-order valence-electron chi connectivity index (χ2n) is 8.41. The standard InChI is InChI=1S/C29H30N2O4S/c1-3-10-22-15-17-24(18-16-22)35-21-19-30-29(32)28-27(23-11-6-5-7-12-23)25-13-8-9-14-26(25)31(20-4-2)36(28,33)34/h4-9,11-18H,2-3,10,19-21H2,1H3,(H,30,32). The molecule has 1 heterocycles. The van der Waals surface area contributed by atoms with Gasteiger partial charge in [-0.3, -0.25) is 9.10 Å². The summed E-state index contributed by atoms with van der Waals surface area (Å²) < 4.78 is 34.5. The van der Waals surface area contributed by atoms with Crippen molar-refractivity contribution in [2.75, 3.05) is 24.0 Å². The lowest BCUT2D eigenvalue weighted by Crippen LogP contribution is -2.42. The number of hydrogen-bond donors (Lipinski definition) is 1. The third kappa shape index (κ3) is 5.21. The molecule has 0 saturated carbocycles. The van der Waals surface area contributed by atoms with Crippen molar-refractivity contribution in [2.45, 2.75) is 19.8 Å². The SMILES string of the molecule is C=CCN1c2ccccc2C(c2ccccc2)=C(C(=O)NCCOc2ccc(CCC)cc2)S1(=O)=O. The summed E-state index contributed by atoms with van der Waals surface area (Å²) in [6.07, 6.45) is 3.59. The first-order valence-corrected chi connectivity index (χ1v) is 13.4. The molecule has 7 heteroatoms. The molecule has 1 N–H and O–H groups in total. The highest BCUT2D eigenvalue weighted by molar-refractivity contribution is 7.97. The number of aryl methyl sites for hydroxylation is 1. The molecule has 4 rings (SSSR count). The maximum atomic E-state index is 13.8. The Balaban J connectivity index is 1.62. The molecule has 1 amide bonds. The average molecular weight is 503 g/mol. The molecule has 0 bridgehead atoms. The van der Waals surface area contributed by atoms with Crippen molar-refractivity contribution in [2.24, 2.45) is 0 Å². The first kappa shape index (κ1) is 25.3. The molecule has 0 radical (unpaired) electrons. The number of nitrogens with one attached hydrogen (secondary N) is 1. The predicted molar refractivity (Wildman–Crippen MR) is 144 cm³/mol. The number of anilines is 1. The molecular weight excluding hydrogens is 472 g/mol. The number of carbonyl (C=O) groups is 1. The lowest BCUT2D eigenvalue weighted by atomic mass is 9.95. The van der Waals surface area contributed by atoms with Gasteiger partial charge in [-0.1, -0.05) is 80.1 Å². The molecule has 186 valence electrons. The number of rotatable bonds is 10. The second-order valence-corrected chi connectivity index (χ2v) is 10.2. The second kappa shape index (κ2) is 11.3. The van der Waals surface area contributed by atoms with E-state index in [0.29, 0.717) is 28.1 Å². The van der Waals surface area contributed by atoms with Crippen molar-refractivity contribution in [1.82, 2.24) is 5.32 Å². The Morgan fingerprint density at radius 1 is 1.00 bits per heavy atom. The van der Waals surface area contributed by atoms with Gasteiger partial charge in [0.1, 0.15) is 12.4 Å². The summed E-state index contributed by atoms with van der Waals surface area (Å²) in [7, 11) is -4.15. The number of carbonyl (C=O) groups excluding carboxylic acids is 1. The Morgan fingerprint density at radius 3 is 2.39 bits per heavy atom. The lowest BCUT2D eigenvalue weighted by Gasteiger charge is -2.32. The monoisotopic (exact) mass is 502 g/mol. The highest BCUT2D eigenvalue weighted by Crippen LogP contribution is 2.42. The van der Waals surface area contributed by atoms with Gasteiger partial charge in [-0.25, -0.2) is 8.42 Å². The van der Waals surface area contributed by atoms with Crippen molar-refractivity contribution in [3.05, 3.63) is 113 Å². The molecule has 0 saturated heterocycles. The first-order chi connectivity index (χ1) is 17.5. The molecule has 6 nitrogen and oxygen atoms in total. The average Bonchev–Trinajstić information content (AvgIpc) is 2.89. The molecule has 0 aliphatic carbocycles. The van der Waals surface area contributed by atoms with Crippen molar-refractivity contribution in [3.63, 3.8) is 0 Å². The third-order valence-electron chi connectivity index (χ3n) is 5.90. The topological polar surface area (TPSA) is 75.7 Å². The van der Waals surface area contributed by atoms with E-state index < -0.39 is 15.9 Å². The van der Waals surface area contributed by atoms with E-state index in [0.717, 1.165) is 12.8 Å². The fourth-order valence-electron chi connectivity index (χ4n) is 4.28. The highest BCUT2D eigenvalue weighted by Gasteiger charge is 2.40. The number of benzene rings is 3. The van der Waals surface area contributed by atoms with E-state index in [-0.39, 0.29) is 24.6 Å². The van der Waals surface area contributed by atoms with Gasteiger partial charge in [0.25, 0.3) is 15.9 Å². The van der Waals surface area contributed by atoms with Crippen LogP contribution >= 0.6 is 0 Å². The largest absolute Gasteiger partial charge is 0.492 e. The molecule has 0 aromatic heterocycles. The van der Waals surface area contributed by atoms with Gasteiger partial charge < -0.3 is 10.1 Å². The van der Waals surface area contributed by atoms with E-state index in [9.17, 15) is 13.2 Å². The van der Waals surface area contributed by atoms with Crippen LogP contribution in [-0.2, 0) is 21.2 Å². The van der Waals surface area contributed by atoms with Crippen LogP contribution in [0, 0.1) is 0 Å². The summed E-state index contributed by atoms with van der Waals surface area (Å²) in [5.41, 5.74) is 3.47. The van der Waals surface area contributed by atoms with Gasteiger partial charge in [-0.2, -0.15) is 0 Å². The minimum Gasteiger partial charge on any atom is -0.492 e. The summed E-state index contributed by atoms with van der Waals surface area (Å²) >= 11 is 0. The van der Waals surface area contributed by atoms with Crippen molar-refractivity contribution in [1.29, 1.82) is 0 Å². The van der Waals surface area contributed by atoms with Crippen LogP contribution in [0.25, 0.3) is 5.57 Å². The third-order valence-corrected chi connectivity index (χ3v) is 7.73. The number of amides is 1. The number of para-hydroxylation sites is 1. The van der Waals surface area contributed by atoms with Crippen LogP contribution in [0.2, 0.25) is 0 Å². The van der Waals surface area contributed by atoms with E-state index in [1.165, 1.54) is 15.9 Å². The van der Waals surface area contributed by atoms with Gasteiger partial charge in [0.2, 0.25) is 0 Å². The van der Waals surface area contributed by atoms with Crippen LogP contribution in [-0.4, -0.2) is 34.0 Å². The van der Waals surface area contributed by atoms with Crippen LogP contribution < -0.4 is 14.4 Å². The maximum Gasteiger partial charge on any atom is 0.270 e. The lowest BCUT2D eigenvalue weighted by molar-refractivity contribution is -0.116. The molecular formula is C29H30N2O4S. The molecule has 0 atom stereocenters. The Hall–Kier alpha value is -3.84. The Morgan fingerprint density at radius 2 is 1.69 bits per heavy atom. The number of nitrogens with zero attached hydrogens (tertiary/aromatic N) is 1. The smallest absolute Gasteiger partial charge is 0.270 e. The number of hydrogen-bond acceptors (Lipinski definition) is 4. The van der Waals surface area contributed by atoms with Crippen molar-refractivity contribution >= 4 is 27.2 Å². The van der Waals surface area contributed by atoms with E-state index in [1.54, 1.807) is 12.1 Å². The molecule has 1 aliphatic rings. The summed E-state index contributed by atoms with van der Waals surface area (Å²) in [5, 5.41) is 2.75. The predicted octanol–water partition coefficient (Wildman–Crippen LogP) is 4.93. The molecule has 0 fully saturated rings. The zero-order valence-electron chi connectivity index (χ0n) is 20.3. The minimum atomic E-state index is -4.15. The summed E-state index contributed by atoms with van der Waals surface area (Å²) in [6, 6.07) is 24.2. The molecule has 36 heavy (non-hydrogen) atoms. The van der Waals surface area contributed by atoms with Gasteiger partial charge in [0.05, 0.1) is 18.8 Å². The summed E-state index contributed by atoms with van der Waals surface area (Å²) in [4.78, 5) is 13.1. The molecule has 1 aliphatic heterocycles. The van der Waals surface area contributed by atoms with E-state index >= 15 is 0 Å². The zero-order valence-corrected chi connectivity index (χ0v) is 21.1. The molecule has 3 aromatic carbocycles. The van der Waals surface area contributed by atoms with Crippen LogP contribution in [0.15, 0.2) is 96.4 Å².